The first-order chi connectivity index (χ1) is 10.8. The van der Waals surface area contributed by atoms with Crippen molar-refractivity contribution in [3.8, 4) is 0 Å². The summed E-state index contributed by atoms with van der Waals surface area (Å²) in [5, 5.41) is 2.74. The number of rotatable bonds is 2. The summed E-state index contributed by atoms with van der Waals surface area (Å²) in [6, 6.07) is 0.356. The summed E-state index contributed by atoms with van der Waals surface area (Å²) in [7, 11) is 0. The average molecular weight is 331 g/mol. The summed E-state index contributed by atoms with van der Waals surface area (Å²) < 4.78 is 51.4. The molecule has 3 aliphatic rings. The van der Waals surface area contributed by atoms with Gasteiger partial charge in [-0.1, -0.05) is 0 Å². The lowest BCUT2D eigenvalue weighted by atomic mass is 9.94. The minimum atomic E-state index is -4.85. The molecule has 4 nitrogen and oxygen atoms in total. The molecule has 3 fully saturated rings. The third-order valence-electron chi connectivity index (χ3n) is 4.53. The van der Waals surface area contributed by atoms with E-state index >= 15 is 0 Å². The Hall–Kier alpha value is -1.70. The zero-order chi connectivity index (χ0) is 16.6. The van der Waals surface area contributed by atoms with Gasteiger partial charge < -0.3 is 10.2 Å². The number of hydrogen-bond acceptors (Lipinski definition) is 3. The first kappa shape index (κ1) is 16.2. The zero-order valence-corrected chi connectivity index (χ0v) is 12.4. The van der Waals surface area contributed by atoms with Crippen LogP contribution in [0.15, 0.2) is 12.3 Å². The number of hydrogen-bond donors (Lipinski definition) is 1. The standard InChI is InChI=1S/C15H17F4N3O/c16-12-7-20-13(6-11(12)15(17,18)19)14(23)21-10-5-9-1-3-22(8-10)4-2-9/h6-7,9-10H,1-5,8H2,(H,21,23). The molecule has 126 valence electrons. The van der Waals surface area contributed by atoms with E-state index < -0.39 is 29.2 Å². The van der Waals surface area contributed by atoms with Crippen LogP contribution in [0.25, 0.3) is 0 Å². The van der Waals surface area contributed by atoms with Crippen LogP contribution in [0.2, 0.25) is 0 Å². The predicted octanol–water partition coefficient (Wildman–Crippen LogP) is 2.45. The van der Waals surface area contributed by atoms with Gasteiger partial charge in [-0.2, -0.15) is 13.2 Å². The maximum absolute atomic E-state index is 13.2. The Balaban J connectivity index is 1.73. The van der Waals surface area contributed by atoms with Gasteiger partial charge in [-0.05, 0) is 44.3 Å². The zero-order valence-electron chi connectivity index (χ0n) is 12.4. The molecule has 1 amide bonds. The average Bonchev–Trinajstić information content (AvgIpc) is 2.78. The molecule has 1 unspecified atom stereocenters. The second kappa shape index (κ2) is 6.07. The lowest BCUT2D eigenvalue weighted by molar-refractivity contribution is -0.140. The maximum Gasteiger partial charge on any atom is 0.419 e. The molecule has 4 rings (SSSR count). The Labute approximate surface area is 130 Å². The van der Waals surface area contributed by atoms with E-state index in [4.69, 9.17) is 0 Å². The molecule has 8 heteroatoms. The van der Waals surface area contributed by atoms with Gasteiger partial charge in [0.05, 0.1) is 11.8 Å². The van der Waals surface area contributed by atoms with E-state index in [1.807, 2.05) is 0 Å². The van der Waals surface area contributed by atoms with Crippen molar-refractivity contribution < 1.29 is 22.4 Å². The van der Waals surface area contributed by atoms with Crippen LogP contribution >= 0.6 is 0 Å². The van der Waals surface area contributed by atoms with E-state index in [-0.39, 0.29) is 6.04 Å². The number of fused-ring (bicyclic) bond motifs is 4. The first-order valence-electron chi connectivity index (χ1n) is 7.59. The first-order valence-corrected chi connectivity index (χ1v) is 7.59. The third-order valence-corrected chi connectivity index (χ3v) is 4.53. The highest BCUT2D eigenvalue weighted by molar-refractivity contribution is 5.92. The van der Waals surface area contributed by atoms with Crippen LogP contribution in [0.5, 0.6) is 0 Å². The van der Waals surface area contributed by atoms with Crippen molar-refractivity contribution in [2.24, 2.45) is 5.92 Å². The number of nitrogens with one attached hydrogen (secondary N) is 1. The number of carbonyl (C=O) groups excluding carboxylic acids is 1. The number of carbonyl (C=O) groups is 1. The van der Waals surface area contributed by atoms with Gasteiger partial charge in [0.2, 0.25) is 0 Å². The minimum absolute atomic E-state index is 0.112. The Morgan fingerprint density at radius 1 is 1.30 bits per heavy atom. The molecule has 0 radical (unpaired) electrons. The van der Waals surface area contributed by atoms with Gasteiger partial charge in [-0.25, -0.2) is 9.37 Å². The summed E-state index contributed by atoms with van der Waals surface area (Å²) in [4.78, 5) is 17.9. The third kappa shape index (κ3) is 3.63. The van der Waals surface area contributed by atoms with Crippen molar-refractivity contribution in [1.82, 2.24) is 15.2 Å². The molecule has 0 aromatic carbocycles. The van der Waals surface area contributed by atoms with E-state index in [0.717, 1.165) is 32.4 Å². The van der Waals surface area contributed by atoms with Crippen LogP contribution in [0.1, 0.15) is 35.3 Å². The van der Waals surface area contributed by atoms with Crippen LogP contribution in [0, 0.1) is 11.7 Å². The largest absolute Gasteiger partial charge is 0.419 e. The lowest BCUT2D eigenvalue weighted by Crippen LogP contribution is -2.42. The summed E-state index contributed by atoms with van der Waals surface area (Å²) in [6.45, 7) is 2.67. The number of amides is 1. The van der Waals surface area contributed by atoms with Crippen molar-refractivity contribution >= 4 is 5.91 Å². The quantitative estimate of drug-likeness (QED) is 0.847. The molecular weight excluding hydrogens is 314 g/mol. The van der Waals surface area contributed by atoms with Crippen molar-refractivity contribution in [3.05, 3.63) is 29.3 Å². The lowest BCUT2D eigenvalue weighted by Gasteiger charge is -2.26. The van der Waals surface area contributed by atoms with E-state index in [0.29, 0.717) is 24.7 Å². The second-order valence-corrected chi connectivity index (χ2v) is 6.20. The molecule has 0 saturated carbocycles. The number of aromatic nitrogens is 1. The summed E-state index contributed by atoms with van der Waals surface area (Å²) >= 11 is 0. The molecule has 2 bridgehead atoms. The van der Waals surface area contributed by atoms with Crippen molar-refractivity contribution in [2.75, 3.05) is 19.6 Å². The normalized spacial score (nSPS) is 27.6. The fourth-order valence-electron chi connectivity index (χ4n) is 3.34. The van der Waals surface area contributed by atoms with Gasteiger partial charge in [0, 0.05) is 12.6 Å². The molecular formula is C15H17F4N3O. The SMILES string of the molecule is O=C(NC1CC2CCN(CC2)C1)c1cc(C(F)(F)F)c(F)cn1. The van der Waals surface area contributed by atoms with Crippen molar-refractivity contribution in [2.45, 2.75) is 31.5 Å². The van der Waals surface area contributed by atoms with Gasteiger partial charge in [-0.3, -0.25) is 4.79 Å². The molecule has 1 N–H and O–H groups in total. The van der Waals surface area contributed by atoms with E-state index in [1.54, 1.807) is 0 Å². The van der Waals surface area contributed by atoms with E-state index in [1.165, 1.54) is 0 Å². The van der Waals surface area contributed by atoms with E-state index in [2.05, 4.69) is 15.2 Å². The van der Waals surface area contributed by atoms with Gasteiger partial charge in [0.1, 0.15) is 5.69 Å². The van der Waals surface area contributed by atoms with Crippen LogP contribution in [0.3, 0.4) is 0 Å². The molecule has 3 aliphatic heterocycles. The Morgan fingerprint density at radius 2 is 2.00 bits per heavy atom. The van der Waals surface area contributed by atoms with Crippen molar-refractivity contribution in [3.63, 3.8) is 0 Å². The van der Waals surface area contributed by atoms with Crippen LogP contribution < -0.4 is 5.32 Å². The number of piperidine rings is 1. The van der Waals surface area contributed by atoms with Gasteiger partial charge in [-0.15, -0.1) is 0 Å². The summed E-state index contributed by atoms with van der Waals surface area (Å²) in [5.41, 5.74) is -1.88. The smallest absolute Gasteiger partial charge is 0.347 e. The van der Waals surface area contributed by atoms with Crippen molar-refractivity contribution in [1.29, 1.82) is 0 Å². The van der Waals surface area contributed by atoms with Gasteiger partial charge >= 0.3 is 6.18 Å². The molecule has 4 heterocycles. The fourth-order valence-corrected chi connectivity index (χ4v) is 3.34. The second-order valence-electron chi connectivity index (χ2n) is 6.20. The number of pyridine rings is 1. The highest BCUT2D eigenvalue weighted by Gasteiger charge is 2.36. The Morgan fingerprint density at radius 3 is 2.65 bits per heavy atom. The van der Waals surface area contributed by atoms with Crippen LogP contribution in [0.4, 0.5) is 17.6 Å². The predicted molar refractivity (Wildman–Crippen MR) is 74.2 cm³/mol. The molecule has 3 saturated heterocycles. The molecule has 23 heavy (non-hydrogen) atoms. The maximum atomic E-state index is 13.2. The molecule has 1 aromatic rings. The van der Waals surface area contributed by atoms with E-state index in [9.17, 15) is 22.4 Å². The fraction of sp³-hybridized carbons (Fsp3) is 0.600. The monoisotopic (exact) mass is 331 g/mol. The Kier molecular flexibility index (Phi) is 4.27. The van der Waals surface area contributed by atoms with Crippen LogP contribution in [-0.2, 0) is 6.18 Å². The molecule has 1 atom stereocenters. The Bertz CT molecular complexity index is 583. The number of nitrogens with zero attached hydrogens (tertiary/aromatic N) is 2. The minimum Gasteiger partial charge on any atom is -0.347 e. The number of alkyl halides is 3. The molecule has 1 aromatic heterocycles. The van der Waals surface area contributed by atoms with Gasteiger partial charge in [0.15, 0.2) is 5.82 Å². The highest BCUT2D eigenvalue weighted by Crippen LogP contribution is 2.31. The summed E-state index contributed by atoms with van der Waals surface area (Å²) in [6.07, 6.45) is -1.43. The van der Waals surface area contributed by atoms with Gasteiger partial charge in [0.25, 0.3) is 5.91 Å². The van der Waals surface area contributed by atoms with Crippen LogP contribution in [-0.4, -0.2) is 41.5 Å². The summed E-state index contributed by atoms with van der Waals surface area (Å²) in [5.74, 6) is -1.64. The topological polar surface area (TPSA) is 45.2 Å². The number of halogens is 4. The molecule has 0 aliphatic carbocycles. The highest BCUT2D eigenvalue weighted by atomic mass is 19.4. The molecule has 0 spiro atoms.